The number of aromatic nitrogens is 2. The largest absolute Gasteiger partial charge is 0.416 e. The average Bonchev–Trinajstić information content (AvgIpc) is 2.68. The van der Waals surface area contributed by atoms with Crippen LogP contribution in [0.5, 0.6) is 0 Å². The van der Waals surface area contributed by atoms with E-state index in [9.17, 15) is 13.2 Å². The molecule has 0 unspecified atom stereocenters. The smallest absolute Gasteiger partial charge is 0.345 e. The first-order chi connectivity index (χ1) is 9.36. The van der Waals surface area contributed by atoms with Crippen LogP contribution in [0.3, 0.4) is 0 Å². The van der Waals surface area contributed by atoms with E-state index >= 15 is 0 Å². The topological polar surface area (TPSA) is 40.7 Å². The zero-order valence-corrected chi connectivity index (χ0v) is 11.3. The Kier molecular flexibility index (Phi) is 4.13. The summed E-state index contributed by atoms with van der Waals surface area (Å²) in [5.74, 6) is 0.784. The molecule has 0 radical (unpaired) electrons. The molecule has 2 aromatic rings. The molecule has 0 aliphatic heterocycles. The van der Waals surface area contributed by atoms with E-state index in [0.717, 1.165) is 29.3 Å². The molecule has 2 N–H and O–H groups in total. The Balaban J connectivity index is 1.94. The van der Waals surface area contributed by atoms with Gasteiger partial charge in [0.25, 0.3) is 0 Å². The van der Waals surface area contributed by atoms with Crippen LogP contribution in [0.4, 0.5) is 13.2 Å². The molecule has 20 heavy (non-hydrogen) atoms. The maximum Gasteiger partial charge on any atom is 0.416 e. The van der Waals surface area contributed by atoms with Crippen LogP contribution < -0.4 is 5.32 Å². The predicted molar refractivity (Wildman–Crippen MR) is 70.0 cm³/mol. The fraction of sp³-hybridized carbons (Fsp3) is 0.357. The number of nitrogens with one attached hydrogen (secondary N) is 2. The molecule has 0 saturated carbocycles. The Morgan fingerprint density at radius 1 is 1.20 bits per heavy atom. The Labute approximate surface area is 115 Å². The summed E-state index contributed by atoms with van der Waals surface area (Å²) in [5.41, 5.74) is 1.91. The second kappa shape index (κ2) is 5.66. The van der Waals surface area contributed by atoms with Crippen LogP contribution in [0.25, 0.3) is 0 Å². The average molecular weight is 283 g/mol. The van der Waals surface area contributed by atoms with Crippen molar-refractivity contribution < 1.29 is 13.2 Å². The molecule has 1 aromatic heterocycles. The highest BCUT2D eigenvalue weighted by molar-refractivity contribution is 5.25. The van der Waals surface area contributed by atoms with Gasteiger partial charge in [0.15, 0.2) is 0 Å². The van der Waals surface area contributed by atoms with Crippen molar-refractivity contribution in [3.05, 3.63) is 52.6 Å². The van der Waals surface area contributed by atoms with Crippen molar-refractivity contribution in [3.63, 3.8) is 0 Å². The summed E-state index contributed by atoms with van der Waals surface area (Å²) in [4.78, 5) is 7.41. The molecule has 0 spiro atoms. The number of rotatable bonds is 4. The number of alkyl halides is 3. The van der Waals surface area contributed by atoms with Crippen molar-refractivity contribution in [1.29, 1.82) is 0 Å². The van der Waals surface area contributed by atoms with Crippen molar-refractivity contribution in [2.75, 3.05) is 0 Å². The number of hydrogen-bond acceptors (Lipinski definition) is 2. The minimum Gasteiger partial charge on any atom is -0.345 e. The van der Waals surface area contributed by atoms with E-state index in [-0.39, 0.29) is 0 Å². The number of aromatic amines is 1. The van der Waals surface area contributed by atoms with Gasteiger partial charge < -0.3 is 10.3 Å². The number of aryl methyl sites for hydroxylation is 2. The first-order valence-electron chi connectivity index (χ1n) is 6.25. The molecule has 0 aliphatic carbocycles. The second-order valence-corrected chi connectivity index (χ2v) is 4.70. The highest BCUT2D eigenvalue weighted by Gasteiger charge is 2.30. The molecule has 0 aliphatic rings. The van der Waals surface area contributed by atoms with Crippen molar-refractivity contribution in [2.24, 2.45) is 0 Å². The molecule has 108 valence electrons. The second-order valence-electron chi connectivity index (χ2n) is 4.70. The lowest BCUT2D eigenvalue weighted by molar-refractivity contribution is -0.137. The highest BCUT2D eigenvalue weighted by Crippen LogP contribution is 2.29. The fourth-order valence-corrected chi connectivity index (χ4v) is 1.89. The van der Waals surface area contributed by atoms with Crippen molar-refractivity contribution in [3.8, 4) is 0 Å². The van der Waals surface area contributed by atoms with Gasteiger partial charge in [-0.1, -0.05) is 18.2 Å². The molecular formula is C14H16F3N3. The molecule has 1 heterocycles. The van der Waals surface area contributed by atoms with Gasteiger partial charge in [0, 0.05) is 12.2 Å². The van der Waals surface area contributed by atoms with Gasteiger partial charge in [0.1, 0.15) is 5.82 Å². The number of halogens is 3. The third kappa shape index (κ3) is 3.60. The van der Waals surface area contributed by atoms with E-state index in [4.69, 9.17) is 0 Å². The first-order valence-corrected chi connectivity index (χ1v) is 6.25. The van der Waals surface area contributed by atoms with Crippen LogP contribution in [0.1, 0.15) is 28.3 Å². The van der Waals surface area contributed by atoms with Gasteiger partial charge in [-0.2, -0.15) is 13.2 Å². The van der Waals surface area contributed by atoms with Crippen LogP contribution in [0.15, 0.2) is 24.3 Å². The summed E-state index contributed by atoms with van der Waals surface area (Å²) in [6.07, 6.45) is -4.30. The third-order valence-electron chi connectivity index (χ3n) is 3.05. The first kappa shape index (κ1) is 14.6. The molecule has 0 bridgehead atoms. The van der Waals surface area contributed by atoms with Gasteiger partial charge in [0.2, 0.25) is 0 Å². The van der Waals surface area contributed by atoms with Gasteiger partial charge in [0.05, 0.1) is 17.8 Å². The molecule has 0 atom stereocenters. The van der Waals surface area contributed by atoms with Gasteiger partial charge in [-0.3, -0.25) is 0 Å². The Bertz CT molecular complexity index is 568. The molecule has 3 nitrogen and oxygen atoms in total. The van der Waals surface area contributed by atoms with Crippen molar-refractivity contribution >= 4 is 0 Å². The summed E-state index contributed by atoms with van der Waals surface area (Å²) < 4.78 is 37.7. The van der Waals surface area contributed by atoms with Crippen LogP contribution in [-0.4, -0.2) is 9.97 Å². The monoisotopic (exact) mass is 283 g/mol. The summed E-state index contributed by atoms with van der Waals surface area (Å²) in [5, 5.41) is 3.08. The Morgan fingerprint density at radius 2 is 1.95 bits per heavy atom. The fourth-order valence-electron chi connectivity index (χ4n) is 1.89. The van der Waals surface area contributed by atoms with E-state index in [1.165, 1.54) is 6.07 Å². The molecule has 1 aromatic carbocycles. The molecule has 0 fully saturated rings. The molecular weight excluding hydrogens is 267 g/mol. The van der Waals surface area contributed by atoms with E-state index in [1.54, 1.807) is 6.07 Å². The van der Waals surface area contributed by atoms with Gasteiger partial charge in [-0.15, -0.1) is 0 Å². The summed E-state index contributed by atoms with van der Waals surface area (Å²) in [6.45, 7) is 4.69. The Morgan fingerprint density at radius 3 is 2.55 bits per heavy atom. The number of benzene rings is 1. The molecule has 0 saturated heterocycles. The van der Waals surface area contributed by atoms with Crippen molar-refractivity contribution in [1.82, 2.24) is 15.3 Å². The normalized spacial score (nSPS) is 11.8. The number of hydrogen-bond donors (Lipinski definition) is 2. The van der Waals surface area contributed by atoms with Crippen LogP contribution in [-0.2, 0) is 19.3 Å². The van der Waals surface area contributed by atoms with E-state index < -0.39 is 11.7 Å². The predicted octanol–water partition coefficient (Wildman–Crippen LogP) is 3.34. The van der Waals surface area contributed by atoms with E-state index in [2.05, 4.69) is 15.3 Å². The molecule has 0 amide bonds. The summed E-state index contributed by atoms with van der Waals surface area (Å²) in [6, 6.07) is 5.32. The zero-order chi connectivity index (χ0) is 14.8. The SMILES string of the molecule is Cc1nc(CNCc2cccc(C(F)(F)F)c2)[nH]c1C. The zero-order valence-electron chi connectivity index (χ0n) is 11.3. The number of imidazole rings is 1. The van der Waals surface area contributed by atoms with Gasteiger partial charge in [-0.05, 0) is 25.5 Å². The third-order valence-corrected chi connectivity index (χ3v) is 3.05. The van der Waals surface area contributed by atoms with Crippen LogP contribution in [0, 0.1) is 13.8 Å². The summed E-state index contributed by atoms with van der Waals surface area (Å²) in [7, 11) is 0. The molecule has 6 heteroatoms. The minimum absolute atomic E-state index is 0.364. The maximum absolute atomic E-state index is 12.6. The van der Waals surface area contributed by atoms with E-state index in [1.807, 2.05) is 13.8 Å². The lowest BCUT2D eigenvalue weighted by Gasteiger charge is -2.09. The number of nitrogens with zero attached hydrogens (tertiary/aromatic N) is 1. The van der Waals surface area contributed by atoms with E-state index in [0.29, 0.717) is 18.7 Å². The lowest BCUT2D eigenvalue weighted by atomic mass is 10.1. The highest BCUT2D eigenvalue weighted by atomic mass is 19.4. The number of H-pyrrole nitrogens is 1. The summed E-state index contributed by atoms with van der Waals surface area (Å²) >= 11 is 0. The quantitative estimate of drug-likeness (QED) is 0.903. The van der Waals surface area contributed by atoms with Crippen molar-refractivity contribution in [2.45, 2.75) is 33.1 Å². The minimum atomic E-state index is -4.30. The van der Waals surface area contributed by atoms with Crippen LogP contribution >= 0.6 is 0 Å². The van der Waals surface area contributed by atoms with Gasteiger partial charge in [-0.25, -0.2) is 4.98 Å². The standard InChI is InChI=1S/C14H16F3N3/c1-9-10(2)20-13(19-9)8-18-7-11-4-3-5-12(6-11)14(15,16)17/h3-6,18H,7-8H2,1-2H3,(H,19,20). The maximum atomic E-state index is 12.6. The molecule has 2 rings (SSSR count). The Hall–Kier alpha value is -1.82. The van der Waals surface area contributed by atoms with Crippen LogP contribution in [0.2, 0.25) is 0 Å². The van der Waals surface area contributed by atoms with Gasteiger partial charge >= 0.3 is 6.18 Å². The lowest BCUT2D eigenvalue weighted by Crippen LogP contribution is -2.14.